The Morgan fingerprint density at radius 1 is 1.35 bits per heavy atom. The number of nitrogens with zero attached hydrogens (tertiary/aromatic N) is 1. The highest BCUT2D eigenvalue weighted by Crippen LogP contribution is 2.28. The lowest BCUT2D eigenvalue weighted by atomic mass is 9.92. The van der Waals surface area contributed by atoms with E-state index in [1.807, 2.05) is 4.90 Å². The van der Waals surface area contributed by atoms with Crippen LogP contribution >= 0.6 is 23.2 Å². The van der Waals surface area contributed by atoms with Crippen LogP contribution in [0.15, 0.2) is 18.2 Å². The summed E-state index contributed by atoms with van der Waals surface area (Å²) in [6, 6.07) is 4.79. The topological polar surface area (TPSA) is 79.4 Å². The van der Waals surface area contributed by atoms with Gasteiger partial charge in [0, 0.05) is 24.5 Å². The molecule has 0 amide bonds. The fraction of sp³-hybridized carbons (Fsp3) is 0.500. The molecule has 1 aliphatic rings. The van der Waals surface area contributed by atoms with E-state index in [-0.39, 0.29) is 11.9 Å². The minimum atomic E-state index is -0.282. The number of hydrogen-bond donors (Lipinski definition) is 2. The number of nitrogens with two attached hydrogens (primary N) is 1. The number of benzene rings is 1. The number of nitrogens with one attached hydrogen (secondary N) is 1. The molecule has 23 heavy (non-hydrogen) atoms. The Bertz CT molecular complexity index is 572. The summed E-state index contributed by atoms with van der Waals surface area (Å²) in [6.45, 7) is 1.65. The van der Waals surface area contributed by atoms with E-state index < -0.39 is 0 Å². The number of likely N-dealkylation sites (tertiary alicyclic amines) is 1. The van der Waals surface area contributed by atoms with Crippen molar-refractivity contribution in [3.05, 3.63) is 28.2 Å². The van der Waals surface area contributed by atoms with Gasteiger partial charge in [0.1, 0.15) is 5.75 Å². The van der Waals surface area contributed by atoms with Crippen LogP contribution in [-0.2, 0) is 4.79 Å². The molecule has 0 saturated carbocycles. The average Bonchev–Trinajstić information content (AvgIpc) is 2.50. The molecule has 0 spiro atoms. The van der Waals surface area contributed by atoms with Gasteiger partial charge < -0.3 is 15.4 Å². The van der Waals surface area contributed by atoms with Crippen LogP contribution in [0.4, 0.5) is 0 Å². The molecular formula is C16H21Cl2N3O2. The van der Waals surface area contributed by atoms with Gasteiger partial charge in [-0.1, -0.05) is 23.2 Å². The second-order valence-corrected chi connectivity index (χ2v) is 6.60. The fourth-order valence-corrected chi connectivity index (χ4v) is 3.18. The molecule has 1 saturated heterocycles. The molecule has 1 aromatic carbocycles. The summed E-state index contributed by atoms with van der Waals surface area (Å²) in [5.41, 5.74) is 5.48. The molecule has 3 N–H and O–H groups in total. The number of carbonyl (C=O) groups is 1. The largest absolute Gasteiger partial charge is 0.425 e. The number of halogens is 2. The van der Waals surface area contributed by atoms with Gasteiger partial charge >= 0.3 is 5.97 Å². The van der Waals surface area contributed by atoms with E-state index in [0.717, 1.165) is 38.8 Å². The number of rotatable bonds is 5. The quantitative estimate of drug-likeness (QED) is 0.364. The molecule has 0 bridgehead atoms. The van der Waals surface area contributed by atoms with Gasteiger partial charge in [-0.25, -0.2) is 0 Å². The molecule has 1 fully saturated rings. The lowest BCUT2D eigenvalue weighted by Crippen LogP contribution is -2.42. The summed E-state index contributed by atoms with van der Waals surface area (Å²) >= 11 is 11.8. The SMILES string of the molecule is N=C(N)N1CCC(CCCC(=O)Oc2ccc(Cl)cc2Cl)CC1. The molecule has 1 heterocycles. The van der Waals surface area contributed by atoms with Crippen molar-refractivity contribution in [2.45, 2.75) is 32.1 Å². The fourth-order valence-electron chi connectivity index (χ4n) is 2.73. The molecule has 0 aliphatic carbocycles. The number of carbonyl (C=O) groups excluding carboxylic acids is 1. The smallest absolute Gasteiger partial charge is 0.311 e. The molecule has 126 valence electrons. The van der Waals surface area contributed by atoms with Crippen molar-refractivity contribution in [3.8, 4) is 5.75 Å². The van der Waals surface area contributed by atoms with Crippen LogP contribution in [0.1, 0.15) is 32.1 Å². The van der Waals surface area contributed by atoms with Crippen LogP contribution in [0, 0.1) is 11.3 Å². The number of hydrogen-bond acceptors (Lipinski definition) is 3. The Kier molecular flexibility index (Phi) is 6.54. The van der Waals surface area contributed by atoms with E-state index >= 15 is 0 Å². The number of esters is 1. The van der Waals surface area contributed by atoms with Crippen molar-refractivity contribution in [2.75, 3.05) is 13.1 Å². The lowest BCUT2D eigenvalue weighted by Gasteiger charge is -2.32. The molecule has 1 aromatic rings. The van der Waals surface area contributed by atoms with E-state index in [1.165, 1.54) is 0 Å². The minimum Gasteiger partial charge on any atom is -0.425 e. The molecule has 0 aromatic heterocycles. The van der Waals surface area contributed by atoms with E-state index in [9.17, 15) is 4.79 Å². The average molecular weight is 358 g/mol. The summed E-state index contributed by atoms with van der Waals surface area (Å²) in [7, 11) is 0. The highest BCUT2D eigenvalue weighted by molar-refractivity contribution is 6.35. The first-order valence-electron chi connectivity index (χ1n) is 7.70. The summed E-state index contributed by atoms with van der Waals surface area (Å²) in [5, 5.41) is 8.25. The monoisotopic (exact) mass is 357 g/mol. The summed E-state index contributed by atoms with van der Waals surface area (Å²) in [6.07, 6.45) is 4.16. The Labute approximate surface area is 146 Å². The molecule has 7 heteroatoms. The molecular weight excluding hydrogens is 337 g/mol. The Morgan fingerprint density at radius 2 is 2.04 bits per heavy atom. The molecule has 5 nitrogen and oxygen atoms in total. The first kappa shape index (κ1) is 17.9. The third kappa shape index (κ3) is 5.59. The molecule has 0 unspecified atom stereocenters. The van der Waals surface area contributed by atoms with Crippen LogP contribution in [0.25, 0.3) is 0 Å². The maximum absolute atomic E-state index is 11.9. The lowest BCUT2D eigenvalue weighted by molar-refractivity contribution is -0.134. The van der Waals surface area contributed by atoms with Crippen molar-refractivity contribution in [1.29, 1.82) is 5.41 Å². The maximum Gasteiger partial charge on any atom is 0.311 e. The molecule has 2 rings (SSSR count). The number of guanidine groups is 1. The van der Waals surface area contributed by atoms with E-state index in [2.05, 4.69) is 0 Å². The van der Waals surface area contributed by atoms with Gasteiger partial charge in [0.15, 0.2) is 5.96 Å². The number of piperidine rings is 1. The van der Waals surface area contributed by atoms with Crippen molar-refractivity contribution in [1.82, 2.24) is 4.90 Å². The predicted molar refractivity (Wildman–Crippen MR) is 92.2 cm³/mol. The summed E-state index contributed by atoms with van der Waals surface area (Å²) < 4.78 is 5.26. The van der Waals surface area contributed by atoms with Gasteiger partial charge in [-0.05, 0) is 49.8 Å². The van der Waals surface area contributed by atoms with Crippen LogP contribution in [0.2, 0.25) is 10.0 Å². The number of ether oxygens (including phenoxy) is 1. The summed E-state index contributed by atoms with van der Waals surface area (Å²) in [5.74, 6) is 0.788. The summed E-state index contributed by atoms with van der Waals surface area (Å²) in [4.78, 5) is 13.7. The van der Waals surface area contributed by atoms with Gasteiger partial charge in [-0.2, -0.15) is 0 Å². The standard InChI is InChI=1S/C16H21Cl2N3O2/c17-12-4-5-14(13(18)10-12)23-15(22)3-1-2-11-6-8-21(9-7-11)16(19)20/h4-5,10-11H,1-3,6-9H2,(H3,19,20). The van der Waals surface area contributed by atoms with E-state index in [4.69, 9.17) is 39.1 Å². The zero-order valence-electron chi connectivity index (χ0n) is 12.9. The van der Waals surface area contributed by atoms with Gasteiger partial charge in [-0.3, -0.25) is 10.2 Å². The first-order valence-corrected chi connectivity index (χ1v) is 8.46. The molecule has 1 aliphatic heterocycles. The predicted octanol–water partition coefficient (Wildman–Crippen LogP) is 3.67. The van der Waals surface area contributed by atoms with Crippen molar-refractivity contribution in [2.24, 2.45) is 11.7 Å². The maximum atomic E-state index is 11.9. The Morgan fingerprint density at radius 3 is 2.65 bits per heavy atom. The van der Waals surface area contributed by atoms with Crippen molar-refractivity contribution in [3.63, 3.8) is 0 Å². The van der Waals surface area contributed by atoms with Crippen LogP contribution < -0.4 is 10.5 Å². The zero-order chi connectivity index (χ0) is 16.8. The Hall–Kier alpha value is -1.46. The van der Waals surface area contributed by atoms with Crippen LogP contribution in [0.3, 0.4) is 0 Å². The second-order valence-electron chi connectivity index (χ2n) is 5.76. The van der Waals surface area contributed by atoms with Gasteiger partial charge in [0.2, 0.25) is 0 Å². The first-order chi connectivity index (χ1) is 11.0. The van der Waals surface area contributed by atoms with E-state index in [0.29, 0.717) is 28.1 Å². The van der Waals surface area contributed by atoms with Gasteiger partial charge in [0.25, 0.3) is 0 Å². The molecule has 0 atom stereocenters. The van der Waals surface area contributed by atoms with Gasteiger partial charge in [-0.15, -0.1) is 0 Å². The second kappa shape index (κ2) is 8.41. The van der Waals surface area contributed by atoms with Crippen molar-refractivity contribution >= 4 is 35.1 Å². The van der Waals surface area contributed by atoms with Crippen molar-refractivity contribution < 1.29 is 9.53 Å². The van der Waals surface area contributed by atoms with Gasteiger partial charge in [0.05, 0.1) is 5.02 Å². The zero-order valence-corrected chi connectivity index (χ0v) is 14.4. The minimum absolute atomic E-state index is 0.145. The van der Waals surface area contributed by atoms with E-state index in [1.54, 1.807) is 18.2 Å². The normalized spacial score (nSPS) is 15.5. The Balaban J connectivity index is 1.68. The third-order valence-corrected chi connectivity index (χ3v) is 4.60. The van der Waals surface area contributed by atoms with Crippen LogP contribution in [0.5, 0.6) is 5.75 Å². The van der Waals surface area contributed by atoms with Crippen LogP contribution in [-0.4, -0.2) is 29.9 Å². The molecule has 0 radical (unpaired) electrons. The highest BCUT2D eigenvalue weighted by atomic mass is 35.5. The highest BCUT2D eigenvalue weighted by Gasteiger charge is 2.20. The third-order valence-electron chi connectivity index (χ3n) is 4.07.